The van der Waals surface area contributed by atoms with Gasteiger partial charge in [0.25, 0.3) is 0 Å². The van der Waals surface area contributed by atoms with Crippen LogP contribution in [-0.2, 0) is 0 Å². The van der Waals surface area contributed by atoms with Crippen LogP contribution in [0.1, 0.15) is 0 Å². The molecule has 0 amide bonds. The van der Waals surface area contributed by atoms with Crippen LogP contribution in [0.2, 0.25) is 0 Å². The van der Waals surface area contributed by atoms with Crippen LogP contribution in [-0.4, -0.2) is 4.98 Å². The Labute approximate surface area is 86.0 Å². The third-order valence-corrected chi connectivity index (χ3v) is 3.28. The molecule has 0 spiro atoms. The quantitative estimate of drug-likeness (QED) is 0.612. The minimum Gasteiger partial charge on any atom is -0.361 e. The molecule has 3 aromatic rings. The minimum atomic E-state index is 1.20. The molecule has 1 nitrogen and oxygen atoms in total. The first-order valence-corrected chi connectivity index (χ1v) is 5.43. The normalized spacial score (nSPS) is 10.9. The van der Waals surface area contributed by atoms with Crippen molar-refractivity contribution in [3.8, 4) is 10.4 Å². The Morgan fingerprint density at radius 2 is 2.00 bits per heavy atom. The standard InChI is InChI=1S/C12H9NS/c1-3-10(12-5-2-8-14-12)9-6-7-13-11(9)4-1/h1-8,13H. The van der Waals surface area contributed by atoms with Gasteiger partial charge in [-0.3, -0.25) is 0 Å². The van der Waals surface area contributed by atoms with Gasteiger partial charge >= 0.3 is 0 Å². The van der Waals surface area contributed by atoms with Gasteiger partial charge in [-0.15, -0.1) is 11.3 Å². The molecule has 0 fully saturated rings. The number of fused-ring (bicyclic) bond motifs is 1. The summed E-state index contributed by atoms with van der Waals surface area (Å²) >= 11 is 1.78. The highest BCUT2D eigenvalue weighted by Gasteiger charge is 2.03. The number of hydrogen-bond acceptors (Lipinski definition) is 1. The highest BCUT2D eigenvalue weighted by molar-refractivity contribution is 7.13. The van der Waals surface area contributed by atoms with E-state index in [9.17, 15) is 0 Å². The van der Waals surface area contributed by atoms with Crippen molar-refractivity contribution in [1.82, 2.24) is 4.98 Å². The fourth-order valence-corrected chi connectivity index (χ4v) is 2.50. The lowest BCUT2D eigenvalue weighted by molar-refractivity contribution is 1.48. The molecule has 3 rings (SSSR count). The average Bonchev–Trinajstić information content (AvgIpc) is 2.88. The van der Waals surface area contributed by atoms with E-state index in [2.05, 4.69) is 46.8 Å². The fourth-order valence-electron chi connectivity index (χ4n) is 1.73. The number of rotatable bonds is 1. The fraction of sp³-hybridized carbons (Fsp3) is 0. The van der Waals surface area contributed by atoms with E-state index < -0.39 is 0 Å². The van der Waals surface area contributed by atoms with Crippen LogP contribution in [0, 0.1) is 0 Å². The average molecular weight is 199 g/mol. The summed E-state index contributed by atoms with van der Waals surface area (Å²) in [6, 6.07) is 12.7. The monoisotopic (exact) mass is 199 g/mol. The van der Waals surface area contributed by atoms with Gasteiger partial charge in [-0.1, -0.05) is 18.2 Å². The molecule has 0 saturated carbocycles. The van der Waals surface area contributed by atoms with Crippen molar-refractivity contribution in [3.05, 3.63) is 48.0 Å². The van der Waals surface area contributed by atoms with Crippen molar-refractivity contribution in [3.63, 3.8) is 0 Å². The second kappa shape index (κ2) is 3.00. The van der Waals surface area contributed by atoms with E-state index in [1.807, 2.05) is 6.20 Å². The van der Waals surface area contributed by atoms with Crippen LogP contribution < -0.4 is 0 Å². The van der Waals surface area contributed by atoms with Gasteiger partial charge < -0.3 is 4.98 Å². The molecule has 0 radical (unpaired) electrons. The lowest BCUT2D eigenvalue weighted by Gasteiger charge is -1.98. The number of hydrogen-bond donors (Lipinski definition) is 1. The first kappa shape index (κ1) is 7.83. The summed E-state index contributed by atoms with van der Waals surface area (Å²) in [6.07, 6.45) is 1.99. The number of nitrogens with one attached hydrogen (secondary N) is 1. The SMILES string of the molecule is c1csc(-c2cccc3[nH]ccc23)c1. The van der Waals surface area contributed by atoms with Crippen molar-refractivity contribution in [2.45, 2.75) is 0 Å². The van der Waals surface area contributed by atoms with Crippen molar-refractivity contribution < 1.29 is 0 Å². The summed E-state index contributed by atoms with van der Waals surface area (Å²) in [4.78, 5) is 4.56. The summed E-state index contributed by atoms with van der Waals surface area (Å²) < 4.78 is 0. The van der Waals surface area contributed by atoms with Crippen LogP contribution in [0.15, 0.2) is 48.0 Å². The first-order chi connectivity index (χ1) is 6.95. The molecule has 0 unspecified atom stereocenters. The second-order valence-corrected chi connectivity index (χ2v) is 4.17. The van der Waals surface area contributed by atoms with Crippen molar-refractivity contribution >= 4 is 22.2 Å². The summed E-state index contributed by atoms with van der Waals surface area (Å²) in [5.74, 6) is 0. The predicted molar refractivity (Wildman–Crippen MR) is 61.6 cm³/mol. The Kier molecular flexibility index (Phi) is 1.67. The third-order valence-electron chi connectivity index (χ3n) is 2.38. The molecular formula is C12H9NS. The Balaban J connectivity index is 2.36. The summed E-state index contributed by atoms with van der Waals surface area (Å²) in [5.41, 5.74) is 2.52. The number of aromatic amines is 1. The molecule has 0 aliphatic carbocycles. The number of aromatic nitrogens is 1. The van der Waals surface area contributed by atoms with Gasteiger partial charge in [0, 0.05) is 27.5 Å². The third kappa shape index (κ3) is 1.08. The van der Waals surface area contributed by atoms with Gasteiger partial charge in [-0.05, 0) is 23.6 Å². The molecule has 2 heterocycles. The molecule has 1 N–H and O–H groups in total. The Morgan fingerprint density at radius 1 is 1.00 bits per heavy atom. The van der Waals surface area contributed by atoms with Crippen LogP contribution >= 0.6 is 11.3 Å². The molecule has 2 aromatic heterocycles. The lowest BCUT2D eigenvalue weighted by atomic mass is 10.1. The maximum atomic E-state index is 3.23. The first-order valence-electron chi connectivity index (χ1n) is 4.55. The molecule has 0 atom stereocenters. The molecule has 68 valence electrons. The Bertz CT molecular complexity index is 548. The molecule has 2 heteroatoms. The zero-order chi connectivity index (χ0) is 9.38. The zero-order valence-electron chi connectivity index (χ0n) is 7.53. The summed E-state index contributed by atoms with van der Waals surface area (Å²) in [6.45, 7) is 0. The topological polar surface area (TPSA) is 15.8 Å². The van der Waals surface area contributed by atoms with Crippen LogP contribution in [0.3, 0.4) is 0 Å². The molecule has 14 heavy (non-hydrogen) atoms. The van der Waals surface area contributed by atoms with Crippen LogP contribution in [0.5, 0.6) is 0 Å². The van der Waals surface area contributed by atoms with Gasteiger partial charge in [0.1, 0.15) is 0 Å². The predicted octanol–water partition coefficient (Wildman–Crippen LogP) is 3.90. The van der Waals surface area contributed by atoms with Gasteiger partial charge in [-0.25, -0.2) is 0 Å². The summed E-state index contributed by atoms with van der Waals surface area (Å²) in [5, 5.41) is 3.41. The highest BCUT2D eigenvalue weighted by atomic mass is 32.1. The molecular weight excluding hydrogens is 190 g/mol. The van der Waals surface area contributed by atoms with E-state index in [1.165, 1.54) is 21.3 Å². The molecule has 1 aromatic carbocycles. The minimum absolute atomic E-state index is 1.20. The maximum Gasteiger partial charge on any atom is 0.0460 e. The summed E-state index contributed by atoms with van der Waals surface area (Å²) in [7, 11) is 0. The van der Waals surface area contributed by atoms with Gasteiger partial charge in [0.05, 0.1) is 0 Å². The van der Waals surface area contributed by atoms with E-state index >= 15 is 0 Å². The maximum absolute atomic E-state index is 3.23. The van der Waals surface area contributed by atoms with Crippen LogP contribution in [0.25, 0.3) is 21.3 Å². The van der Waals surface area contributed by atoms with Gasteiger partial charge in [0.2, 0.25) is 0 Å². The number of thiophene rings is 1. The largest absolute Gasteiger partial charge is 0.361 e. The highest BCUT2D eigenvalue weighted by Crippen LogP contribution is 2.30. The smallest absolute Gasteiger partial charge is 0.0460 e. The van der Waals surface area contributed by atoms with Crippen molar-refractivity contribution in [2.24, 2.45) is 0 Å². The van der Waals surface area contributed by atoms with Gasteiger partial charge in [-0.2, -0.15) is 0 Å². The second-order valence-electron chi connectivity index (χ2n) is 3.22. The van der Waals surface area contributed by atoms with E-state index in [1.54, 1.807) is 11.3 Å². The number of H-pyrrole nitrogens is 1. The van der Waals surface area contributed by atoms with Crippen LogP contribution in [0.4, 0.5) is 0 Å². The Hall–Kier alpha value is -1.54. The Morgan fingerprint density at radius 3 is 2.86 bits per heavy atom. The molecule has 0 aliphatic rings. The van der Waals surface area contributed by atoms with E-state index in [4.69, 9.17) is 0 Å². The van der Waals surface area contributed by atoms with E-state index in [0.29, 0.717) is 0 Å². The van der Waals surface area contributed by atoms with E-state index in [0.717, 1.165) is 0 Å². The molecule has 0 bridgehead atoms. The van der Waals surface area contributed by atoms with Crippen molar-refractivity contribution in [1.29, 1.82) is 0 Å². The molecule has 0 saturated heterocycles. The molecule has 0 aliphatic heterocycles. The van der Waals surface area contributed by atoms with E-state index in [-0.39, 0.29) is 0 Å². The van der Waals surface area contributed by atoms with Gasteiger partial charge in [0.15, 0.2) is 0 Å². The lowest BCUT2D eigenvalue weighted by Crippen LogP contribution is -1.73. The number of benzene rings is 1. The van der Waals surface area contributed by atoms with Crippen molar-refractivity contribution in [2.75, 3.05) is 0 Å². The zero-order valence-corrected chi connectivity index (χ0v) is 8.34.